The van der Waals surface area contributed by atoms with Crippen LogP contribution < -0.4 is 0 Å². The maximum absolute atomic E-state index is 14.1. The highest BCUT2D eigenvalue weighted by Gasteiger charge is 2.81. The molecule has 0 aliphatic heterocycles. The van der Waals surface area contributed by atoms with E-state index in [1.54, 1.807) is 0 Å². The lowest BCUT2D eigenvalue weighted by atomic mass is 10.2. The molecule has 0 amide bonds. The summed E-state index contributed by atoms with van der Waals surface area (Å²) < 4.78 is 210. The quantitative estimate of drug-likeness (QED) is 0.248. The summed E-state index contributed by atoms with van der Waals surface area (Å²) in [7, 11) is -4.39. The molecule has 21 heteroatoms. The van der Waals surface area contributed by atoms with Gasteiger partial charge in [-0.25, -0.2) is 4.57 Å². The number of alkyl halides is 14. The number of phosphoric acid groups is 1. The van der Waals surface area contributed by atoms with Gasteiger partial charge in [-0.15, -0.1) is 0 Å². The van der Waals surface area contributed by atoms with Crippen LogP contribution in [0.5, 0.6) is 0 Å². The number of hydrogen-bond donors (Lipinski definition) is 0. The molecule has 0 N–H and O–H groups in total. The average Bonchev–Trinajstić information content (AvgIpc) is 2.55. The predicted octanol–water partition coefficient (Wildman–Crippen LogP) is 5.73. The molecule has 0 saturated heterocycles. The molecule has 6 nitrogen and oxygen atoms in total. The molecule has 0 aromatic rings. The first kappa shape index (κ1) is 31.0. The summed E-state index contributed by atoms with van der Waals surface area (Å²) in [5.74, 6) is -19.5. The van der Waals surface area contributed by atoms with Crippen LogP contribution in [0, 0.1) is 0 Å². The molecule has 0 heterocycles. The summed E-state index contributed by atoms with van der Waals surface area (Å²) in [6, 6.07) is 0. The van der Waals surface area contributed by atoms with Crippen LogP contribution in [0.3, 0.4) is 0 Å². The molecule has 0 spiro atoms. The highest BCUT2D eigenvalue weighted by molar-refractivity contribution is 7.48. The van der Waals surface area contributed by atoms with Crippen molar-refractivity contribution in [2.24, 2.45) is 0 Å². The zero-order valence-corrected chi connectivity index (χ0v) is 16.3. The van der Waals surface area contributed by atoms with E-state index < -0.39 is 63.6 Å². The second-order valence-corrected chi connectivity index (χ2v) is 7.41. The van der Waals surface area contributed by atoms with Crippen molar-refractivity contribution in [2.45, 2.75) is 49.1 Å². The van der Waals surface area contributed by atoms with E-state index in [2.05, 4.69) is 18.3 Å². The number of phosphoric ester groups is 1. The van der Waals surface area contributed by atoms with E-state index in [9.17, 15) is 66.0 Å². The fraction of sp³-hybridized carbons (Fsp3) is 1.00. The second-order valence-electron chi connectivity index (χ2n) is 5.53. The Kier molecular flexibility index (Phi) is 8.74. The van der Waals surface area contributed by atoms with E-state index in [1.165, 1.54) is 0 Å². The Morgan fingerprint density at radius 2 is 1.06 bits per heavy atom. The molecule has 0 aliphatic carbocycles. The van der Waals surface area contributed by atoms with Crippen molar-refractivity contribution in [3.05, 3.63) is 0 Å². The van der Waals surface area contributed by atoms with Gasteiger partial charge in [0, 0.05) is 21.1 Å². The Balaban J connectivity index is 6.42. The lowest BCUT2D eigenvalue weighted by Crippen LogP contribution is -2.66. The number of hydrogen-bond acceptors (Lipinski definition) is 6. The van der Waals surface area contributed by atoms with Gasteiger partial charge in [0.2, 0.25) is 0 Å². The normalized spacial score (nSPS) is 18.9. The third-order valence-corrected chi connectivity index (χ3v) is 4.43. The monoisotopic (exact) mass is 536 g/mol. The zero-order valence-electron chi connectivity index (χ0n) is 15.4. The van der Waals surface area contributed by atoms with Crippen LogP contribution in [-0.2, 0) is 27.6 Å². The number of halogens is 14. The topological polar surface area (TPSA) is 63.2 Å². The van der Waals surface area contributed by atoms with Gasteiger partial charge in [-0.1, -0.05) is 0 Å². The van der Waals surface area contributed by atoms with E-state index in [4.69, 9.17) is 0 Å². The Labute approximate surface area is 168 Å². The Morgan fingerprint density at radius 1 is 0.656 bits per heavy atom. The fourth-order valence-corrected chi connectivity index (χ4v) is 2.01. The van der Waals surface area contributed by atoms with Gasteiger partial charge in [0.25, 0.3) is 0 Å². The predicted molar refractivity (Wildman–Crippen MR) is 70.0 cm³/mol. The minimum Gasteiger partial charge on any atom is -0.290 e. The van der Waals surface area contributed by atoms with E-state index in [-0.39, 0.29) is 0 Å². The molecule has 2 atom stereocenters. The summed E-state index contributed by atoms with van der Waals surface area (Å²) in [4.78, 5) is 0. The second kappa shape index (κ2) is 9.01. The van der Waals surface area contributed by atoms with Crippen LogP contribution in [0.2, 0.25) is 0 Å². The van der Waals surface area contributed by atoms with Crippen LogP contribution in [0.15, 0.2) is 0 Å². The first-order valence-corrected chi connectivity index (χ1v) is 8.61. The van der Waals surface area contributed by atoms with Crippen LogP contribution in [0.4, 0.5) is 61.5 Å². The SMILES string of the molecule is COP(=O)(OC)OCC(F)(OC(F)(F)C(F)(OC(F)(F)C(C)(F)F)C(F)(F)F)C(F)(F)F. The molecule has 0 aromatic heterocycles. The molecular weight excluding hydrogens is 525 g/mol. The minimum atomic E-state index is -7.52. The van der Waals surface area contributed by atoms with Crippen molar-refractivity contribution in [3.63, 3.8) is 0 Å². The highest BCUT2D eigenvalue weighted by atomic mass is 31.2. The third-order valence-electron chi connectivity index (χ3n) is 3.09. The van der Waals surface area contributed by atoms with Crippen molar-refractivity contribution < 1.29 is 89.1 Å². The molecule has 0 radical (unpaired) electrons. The number of rotatable bonds is 11. The average molecular weight is 536 g/mol. The van der Waals surface area contributed by atoms with Crippen LogP contribution in [-0.4, -0.2) is 63.0 Å². The first-order chi connectivity index (χ1) is 13.7. The smallest absolute Gasteiger partial charge is 0.290 e. The van der Waals surface area contributed by atoms with Crippen molar-refractivity contribution in [1.29, 1.82) is 0 Å². The molecule has 0 saturated carbocycles. The lowest BCUT2D eigenvalue weighted by Gasteiger charge is -2.40. The Morgan fingerprint density at radius 3 is 1.34 bits per heavy atom. The zero-order chi connectivity index (χ0) is 26.2. The largest absolute Gasteiger partial charge is 0.474 e. The summed E-state index contributed by atoms with van der Waals surface area (Å²) in [5, 5.41) is 0. The summed E-state index contributed by atoms with van der Waals surface area (Å²) in [6.45, 7) is -4.04. The summed E-state index contributed by atoms with van der Waals surface area (Å²) in [6.07, 6.45) is -28.6. The van der Waals surface area contributed by atoms with Gasteiger partial charge in [0.1, 0.15) is 6.61 Å². The van der Waals surface area contributed by atoms with Crippen molar-refractivity contribution in [2.75, 3.05) is 20.8 Å². The maximum Gasteiger partial charge on any atom is 0.474 e. The molecule has 0 aliphatic rings. The molecule has 32 heavy (non-hydrogen) atoms. The standard InChI is InChI=1S/C11H11F14O6P/c1-5(12,13)10(22,23)31-7(15,9(19,20)21)11(24,25)30-6(14,8(16,17)18)4-29-32(26,27-2)28-3/h4H2,1-3H3. The van der Waals surface area contributed by atoms with Gasteiger partial charge in [-0.3, -0.25) is 23.0 Å². The molecule has 0 rings (SSSR count). The van der Waals surface area contributed by atoms with Gasteiger partial charge in [0.05, 0.1) is 0 Å². The lowest BCUT2D eigenvalue weighted by molar-refractivity contribution is -0.542. The molecule has 0 aromatic carbocycles. The molecule has 0 fully saturated rings. The van der Waals surface area contributed by atoms with E-state index in [0.29, 0.717) is 14.2 Å². The van der Waals surface area contributed by atoms with Gasteiger partial charge in [-0.2, -0.15) is 61.5 Å². The third kappa shape index (κ3) is 6.34. The van der Waals surface area contributed by atoms with Crippen LogP contribution in [0.25, 0.3) is 0 Å². The van der Waals surface area contributed by atoms with Gasteiger partial charge in [0.15, 0.2) is 0 Å². The molecule has 2 unspecified atom stereocenters. The minimum absolute atomic E-state index is 0.393. The van der Waals surface area contributed by atoms with E-state index in [0.717, 1.165) is 0 Å². The summed E-state index contributed by atoms with van der Waals surface area (Å²) >= 11 is 0. The van der Waals surface area contributed by atoms with Crippen molar-refractivity contribution >= 4 is 7.82 Å². The van der Waals surface area contributed by atoms with Gasteiger partial charge in [-0.05, 0) is 0 Å². The fourth-order valence-electron chi connectivity index (χ4n) is 1.33. The maximum atomic E-state index is 14.1. The Hall–Kier alpha value is -0.950. The first-order valence-electron chi connectivity index (χ1n) is 7.15. The van der Waals surface area contributed by atoms with Crippen molar-refractivity contribution in [1.82, 2.24) is 0 Å². The van der Waals surface area contributed by atoms with Crippen LogP contribution in [0.1, 0.15) is 6.92 Å². The Bertz CT molecular complexity index is 682. The number of ether oxygens (including phenoxy) is 2. The van der Waals surface area contributed by atoms with Gasteiger partial charge >= 0.3 is 50.0 Å². The summed E-state index contributed by atoms with van der Waals surface area (Å²) in [5.41, 5.74) is 0. The van der Waals surface area contributed by atoms with E-state index >= 15 is 0 Å². The van der Waals surface area contributed by atoms with Crippen LogP contribution >= 0.6 is 7.82 Å². The van der Waals surface area contributed by atoms with Gasteiger partial charge < -0.3 is 0 Å². The van der Waals surface area contributed by atoms with E-state index in [1.807, 2.05) is 4.74 Å². The molecule has 0 bridgehead atoms. The highest BCUT2D eigenvalue weighted by Crippen LogP contribution is 2.55. The van der Waals surface area contributed by atoms with Crippen molar-refractivity contribution in [3.8, 4) is 0 Å². The molecular formula is C11H11F14O6P. The molecule has 194 valence electrons.